The third-order valence-electron chi connectivity index (χ3n) is 6.54. The van der Waals surface area contributed by atoms with Gasteiger partial charge < -0.3 is 14.6 Å². The first-order chi connectivity index (χ1) is 15.8. The molecule has 1 saturated heterocycles. The molecule has 4 aromatic rings. The van der Waals surface area contributed by atoms with Crippen LogP contribution in [-0.4, -0.2) is 41.6 Å². The predicted molar refractivity (Wildman–Crippen MR) is 124 cm³/mol. The second-order valence-corrected chi connectivity index (χ2v) is 9.03. The maximum atomic E-state index is 13.5. The summed E-state index contributed by atoms with van der Waals surface area (Å²) in [5.41, 5.74) is 3.22. The van der Waals surface area contributed by atoms with Crippen molar-refractivity contribution in [1.29, 1.82) is 0 Å². The summed E-state index contributed by atoms with van der Waals surface area (Å²) in [4.78, 5) is 9.65. The zero-order valence-corrected chi connectivity index (χ0v) is 18.7. The van der Waals surface area contributed by atoms with Crippen molar-refractivity contribution in [1.82, 2.24) is 14.9 Å². The summed E-state index contributed by atoms with van der Waals surface area (Å²) in [7, 11) is 2.12. The van der Waals surface area contributed by atoms with Crippen molar-refractivity contribution < 1.29 is 17.9 Å². The number of likely N-dealkylation sites (tertiary alicyclic amines) is 1. The van der Waals surface area contributed by atoms with Crippen LogP contribution < -0.4 is 4.74 Å². The van der Waals surface area contributed by atoms with Crippen molar-refractivity contribution in [3.63, 3.8) is 0 Å². The van der Waals surface area contributed by atoms with E-state index in [1.165, 1.54) is 6.07 Å². The molecule has 0 unspecified atom stereocenters. The SMILES string of the molecule is Cc1cccc(-c2ccc(OCC3CCN(C)CC3)c3[nH]c4ncc(C(F)(F)F)cc4c23)c1. The van der Waals surface area contributed by atoms with Gasteiger partial charge in [-0.15, -0.1) is 0 Å². The lowest BCUT2D eigenvalue weighted by Gasteiger charge is -2.28. The van der Waals surface area contributed by atoms with Gasteiger partial charge in [0, 0.05) is 17.0 Å². The van der Waals surface area contributed by atoms with Crippen molar-refractivity contribution in [2.75, 3.05) is 26.7 Å². The molecule has 172 valence electrons. The molecule has 33 heavy (non-hydrogen) atoms. The molecular weight excluding hydrogens is 427 g/mol. The normalized spacial score (nSPS) is 16.0. The fraction of sp³-hybridized carbons (Fsp3) is 0.346. The molecule has 1 aliphatic heterocycles. The number of hydrogen-bond acceptors (Lipinski definition) is 3. The van der Waals surface area contributed by atoms with Crippen molar-refractivity contribution in [3.05, 3.63) is 59.8 Å². The Bertz CT molecular complexity index is 1300. The number of nitrogens with zero attached hydrogens (tertiary/aromatic N) is 2. The molecule has 4 nitrogen and oxygen atoms in total. The molecule has 1 aliphatic rings. The van der Waals surface area contributed by atoms with Gasteiger partial charge in [0.2, 0.25) is 0 Å². The third-order valence-corrected chi connectivity index (χ3v) is 6.54. The van der Waals surface area contributed by atoms with Gasteiger partial charge in [-0.25, -0.2) is 4.98 Å². The van der Waals surface area contributed by atoms with Crippen LogP contribution in [0.15, 0.2) is 48.7 Å². The average Bonchev–Trinajstić information content (AvgIpc) is 3.17. The average molecular weight is 454 g/mol. The number of piperidine rings is 1. The number of aryl methyl sites for hydroxylation is 1. The highest BCUT2D eigenvalue weighted by Crippen LogP contribution is 2.41. The molecule has 0 atom stereocenters. The summed E-state index contributed by atoms with van der Waals surface area (Å²) in [6.45, 7) is 4.68. The number of fused-ring (bicyclic) bond motifs is 3. The Morgan fingerprint density at radius 2 is 1.91 bits per heavy atom. The van der Waals surface area contributed by atoms with E-state index in [2.05, 4.69) is 21.9 Å². The van der Waals surface area contributed by atoms with Crippen molar-refractivity contribution in [2.45, 2.75) is 25.9 Å². The van der Waals surface area contributed by atoms with Gasteiger partial charge >= 0.3 is 6.18 Å². The van der Waals surface area contributed by atoms with E-state index in [1.807, 2.05) is 43.3 Å². The van der Waals surface area contributed by atoms with E-state index in [0.717, 1.165) is 48.8 Å². The van der Waals surface area contributed by atoms with E-state index in [1.54, 1.807) is 0 Å². The minimum Gasteiger partial charge on any atom is -0.491 e. The van der Waals surface area contributed by atoms with Gasteiger partial charge in [-0.1, -0.05) is 29.8 Å². The lowest BCUT2D eigenvalue weighted by atomic mass is 9.97. The minimum atomic E-state index is -4.46. The summed E-state index contributed by atoms with van der Waals surface area (Å²) in [5, 5.41) is 1.15. The fourth-order valence-electron chi connectivity index (χ4n) is 4.63. The summed E-state index contributed by atoms with van der Waals surface area (Å²) >= 11 is 0. The quantitative estimate of drug-likeness (QED) is 0.387. The first-order valence-electron chi connectivity index (χ1n) is 11.2. The van der Waals surface area contributed by atoms with Crippen molar-refractivity contribution in [2.24, 2.45) is 5.92 Å². The second kappa shape index (κ2) is 8.37. The molecule has 0 radical (unpaired) electrons. The number of rotatable bonds is 4. The lowest BCUT2D eigenvalue weighted by Crippen LogP contribution is -2.32. The van der Waals surface area contributed by atoms with Gasteiger partial charge in [-0.05, 0) is 75.1 Å². The molecule has 1 fully saturated rings. The molecule has 3 heterocycles. The van der Waals surface area contributed by atoms with E-state index >= 15 is 0 Å². The molecular formula is C26H26F3N3O. The molecule has 5 rings (SSSR count). The Hall–Kier alpha value is -3.06. The Kier molecular flexibility index (Phi) is 5.52. The van der Waals surface area contributed by atoms with Crippen LogP contribution in [0.1, 0.15) is 24.0 Å². The number of benzene rings is 2. The van der Waals surface area contributed by atoms with Gasteiger partial charge in [0.05, 0.1) is 17.7 Å². The third kappa shape index (κ3) is 4.29. The number of H-pyrrole nitrogens is 1. The number of hydrogen-bond donors (Lipinski definition) is 1. The Labute approximate surface area is 190 Å². The molecule has 0 bridgehead atoms. The number of alkyl halides is 3. The van der Waals surface area contributed by atoms with E-state index in [-0.39, 0.29) is 0 Å². The zero-order chi connectivity index (χ0) is 23.2. The smallest absolute Gasteiger partial charge is 0.417 e. The van der Waals surface area contributed by atoms with Gasteiger partial charge in [-0.3, -0.25) is 0 Å². The number of pyridine rings is 1. The highest BCUT2D eigenvalue weighted by molar-refractivity contribution is 6.15. The second-order valence-electron chi connectivity index (χ2n) is 9.03. The standard InChI is InChI=1S/C26H26F3N3O/c1-16-4-3-5-18(12-16)20-6-7-22(33-15-17-8-10-32(2)11-9-17)24-23(20)21-13-19(26(27,28)29)14-30-25(21)31-24/h3-7,12-14,17H,8-11,15H2,1-2H3,(H,30,31). The van der Waals surface area contributed by atoms with Crippen LogP contribution in [0.4, 0.5) is 13.2 Å². The van der Waals surface area contributed by atoms with Crippen LogP contribution in [0.2, 0.25) is 0 Å². The number of aromatic nitrogens is 2. The summed E-state index contributed by atoms with van der Waals surface area (Å²) < 4.78 is 46.6. The first kappa shape index (κ1) is 21.8. The van der Waals surface area contributed by atoms with Gasteiger partial charge in [0.1, 0.15) is 11.4 Å². The van der Waals surface area contributed by atoms with Crippen molar-refractivity contribution in [3.8, 4) is 16.9 Å². The lowest BCUT2D eigenvalue weighted by molar-refractivity contribution is -0.137. The fourth-order valence-corrected chi connectivity index (χ4v) is 4.63. The van der Waals surface area contributed by atoms with Crippen LogP contribution >= 0.6 is 0 Å². The molecule has 7 heteroatoms. The maximum absolute atomic E-state index is 13.5. The number of ether oxygens (including phenoxy) is 1. The molecule has 0 aliphatic carbocycles. The van der Waals surface area contributed by atoms with E-state index < -0.39 is 11.7 Å². The molecule has 2 aromatic carbocycles. The van der Waals surface area contributed by atoms with Gasteiger partial charge in [0.15, 0.2) is 0 Å². The van der Waals surface area contributed by atoms with Crippen LogP contribution in [0.5, 0.6) is 5.75 Å². The van der Waals surface area contributed by atoms with Gasteiger partial charge in [-0.2, -0.15) is 13.2 Å². The number of nitrogens with one attached hydrogen (secondary N) is 1. The monoisotopic (exact) mass is 453 g/mol. The van der Waals surface area contributed by atoms with Crippen LogP contribution in [0, 0.1) is 12.8 Å². The first-order valence-corrected chi connectivity index (χ1v) is 11.2. The number of aromatic amines is 1. The predicted octanol–water partition coefficient (Wildman–Crippen LogP) is 6.43. The van der Waals surface area contributed by atoms with Crippen LogP contribution in [-0.2, 0) is 6.18 Å². The Morgan fingerprint density at radius 3 is 2.64 bits per heavy atom. The van der Waals surface area contributed by atoms with E-state index in [9.17, 15) is 13.2 Å². The molecule has 2 aromatic heterocycles. The maximum Gasteiger partial charge on any atom is 0.417 e. The highest BCUT2D eigenvalue weighted by atomic mass is 19.4. The van der Waals surface area contributed by atoms with E-state index in [4.69, 9.17) is 4.74 Å². The summed E-state index contributed by atoms with van der Waals surface area (Å²) in [6, 6.07) is 13.0. The van der Waals surface area contributed by atoms with Gasteiger partial charge in [0.25, 0.3) is 0 Å². The molecule has 0 spiro atoms. The number of halogens is 3. The Morgan fingerprint density at radius 1 is 1.12 bits per heavy atom. The summed E-state index contributed by atoms with van der Waals surface area (Å²) in [5.74, 6) is 1.11. The molecule has 0 saturated carbocycles. The summed E-state index contributed by atoms with van der Waals surface area (Å²) in [6.07, 6.45) is -1.44. The Balaban J connectivity index is 1.63. The zero-order valence-electron chi connectivity index (χ0n) is 18.7. The largest absolute Gasteiger partial charge is 0.491 e. The van der Waals surface area contributed by atoms with E-state index in [0.29, 0.717) is 40.2 Å². The minimum absolute atomic E-state index is 0.419. The van der Waals surface area contributed by atoms with Crippen molar-refractivity contribution >= 4 is 21.9 Å². The van der Waals surface area contributed by atoms with Crippen LogP contribution in [0.3, 0.4) is 0 Å². The highest BCUT2D eigenvalue weighted by Gasteiger charge is 2.32. The molecule has 0 amide bonds. The topological polar surface area (TPSA) is 41.1 Å². The van der Waals surface area contributed by atoms with Crippen LogP contribution in [0.25, 0.3) is 33.1 Å². The molecule has 1 N–H and O–H groups in total.